The van der Waals surface area contributed by atoms with Crippen molar-refractivity contribution >= 4 is 17.9 Å². The zero-order valence-electron chi connectivity index (χ0n) is 53.7. The normalized spacial score (nSPS) is 12.9. The largest absolute Gasteiger partial charge is 0.462 e. The number of unbranched alkanes of at least 4 members (excludes halogenated alkanes) is 31. The van der Waals surface area contributed by atoms with Crippen LogP contribution in [0.4, 0.5) is 0 Å². The Morgan fingerprint density at radius 3 is 0.805 bits per heavy atom. The zero-order valence-corrected chi connectivity index (χ0v) is 53.7. The number of allylic oxidation sites excluding steroid dienone is 20. The molecule has 1 atom stereocenters. The second-order valence-electron chi connectivity index (χ2n) is 22.7. The Hall–Kier alpha value is -4.19. The maximum absolute atomic E-state index is 12.9. The van der Waals surface area contributed by atoms with E-state index in [1.807, 2.05) is 0 Å². The van der Waals surface area contributed by atoms with Gasteiger partial charge < -0.3 is 14.2 Å². The Morgan fingerprint density at radius 1 is 0.256 bits per heavy atom. The molecule has 0 fully saturated rings. The molecular weight excluding hydrogens is 1010 g/mol. The van der Waals surface area contributed by atoms with Crippen LogP contribution in [0, 0.1) is 0 Å². The molecule has 0 amide bonds. The second kappa shape index (κ2) is 69.3. The number of ether oxygens (including phenoxy) is 3. The summed E-state index contributed by atoms with van der Waals surface area (Å²) in [6.07, 6.45) is 96.6. The summed E-state index contributed by atoms with van der Waals surface area (Å²) in [7, 11) is 0. The third kappa shape index (κ3) is 66.6. The molecule has 0 aliphatic carbocycles. The van der Waals surface area contributed by atoms with Gasteiger partial charge in [0.15, 0.2) is 6.10 Å². The molecule has 6 heteroatoms. The lowest BCUT2D eigenvalue weighted by Crippen LogP contribution is -2.30. The van der Waals surface area contributed by atoms with E-state index in [0.717, 1.165) is 128 Å². The fourth-order valence-corrected chi connectivity index (χ4v) is 9.52. The Kier molecular flexibility index (Phi) is 65.8. The molecule has 0 aliphatic heterocycles. The fourth-order valence-electron chi connectivity index (χ4n) is 9.52. The zero-order chi connectivity index (χ0) is 59.2. The van der Waals surface area contributed by atoms with E-state index < -0.39 is 6.10 Å². The van der Waals surface area contributed by atoms with Gasteiger partial charge in [-0.1, -0.05) is 296 Å². The molecule has 1 unspecified atom stereocenters. The molecule has 82 heavy (non-hydrogen) atoms. The topological polar surface area (TPSA) is 78.9 Å². The fraction of sp³-hybridized carbons (Fsp3) is 0.697. The summed E-state index contributed by atoms with van der Waals surface area (Å²) in [6, 6.07) is 0. The molecule has 0 rings (SSSR count). The van der Waals surface area contributed by atoms with Crippen LogP contribution >= 0.6 is 0 Å². The minimum absolute atomic E-state index is 0.0858. The van der Waals surface area contributed by atoms with Gasteiger partial charge in [0.1, 0.15) is 13.2 Å². The minimum atomic E-state index is -0.788. The summed E-state index contributed by atoms with van der Waals surface area (Å²) in [6.45, 7) is 6.47. The standard InChI is InChI=1S/C76H128O6/c1-4-7-10-13-16-19-22-24-26-28-30-32-33-34-35-36-37-38-39-40-41-42-43-45-46-48-50-52-54-57-60-63-66-69-75(78)81-72-73(71-80-74(77)68-65-62-59-56-21-18-15-12-9-6-3)82-76(79)70-67-64-61-58-55-53-51-49-47-44-31-29-27-25-23-20-17-14-11-8-5-2/h7,10,12,15-16,19,24,26,29-32,34-35,37-38,40-41,43,45,73H,4-6,8-9,11,13-14,17-18,20-23,25,27-28,33,36,39,42,44,46-72H2,1-3H3/b10-7-,15-12-,19-16-,26-24-,31-29-,32-30-,35-34-,38-37-,41-40-,45-43-. The lowest BCUT2D eigenvalue weighted by atomic mass is 10.1. The Morgan fingerprint density at radius 2 is 0.500 bits per heavy atom. The number of carbonyl (C=O) groups is 3. The number of hydrogen-bond acceptors (Lipinski definition) is 6. The molecule has 0 aromatic rings. The van der Waals surface area contributed by atoms with E-state index in [1.165, 1.54) is 154 Å². The van der Waals surface area contributed by atoms with Gasteiger partial charge >= 0.3 is 17.9 Å². The van der Waals surface area contributed by atoms with Gasteiger partial charge in [0.2, 0.25) is 0 Å². The summed E-state index contributed by atoms with van der Waals surface area (Å²) in [5.41, 5.74) is 0. The van der Waals surface area contributed by atoms with Crippen LogP contribution in [0.25, 0.3) is 0 Å². The third-order valence-corrected chi connectivity index (χ3v) is 14.7. The first-order valence-electron chi connectivity index (χ1n) is 34.5. The van der Waals surface area contributed by atoms with Crippen LogP contribution in [0.1, 0.15) is 323 Å². The van der Waals surface area contributed by atoms with E-state index in [-0.39, 0.29) is 31.1 Å². The monoisotopic (exact) mass is 1140 g/mol. The molecule has 0 radical (unpaired) electrons. The van der Waals surface area contributed by atoms with Gasteiger partial charge in [0.05, 0.1) is 0 Å². The van der Waals surface area contributed by atoms with Gasteiger partial charge in [-0.15, -0.1) is 0 Å². The molecule has 0 aromatic carbocycles. The summed E-state index contributed by atoms with van der Waals surface area (Å²) >= 11 is 0. The molecule has 0 aliphatic rings. The van der Waals surface area contributed by atoms with Crippen LogP contribution in [0.15, 0.2) is 122 Å². The highest BCUT2D eigenvalue weighted by Gasteiger charge is 2.19. The third-order valence-electron chi connectivity index (χ3n) is 14.7. The highest BCUT2D eigenvalue weighted by Crippen LogP contribution is 2.16. The maximum Gasteiger partial charge on any atom is 0.306 e. The Labute approximate surface area is 507 Å². The van der Waals surface area contributed by atoms with Gasteiger partial charge in [0.25, 0.3) is 0 Å². The lowest BCUT2D eigenvalue weighted by Gasteiger charge is -2.18. The summed E-state index contributed by atoms with van der Waals surface area (Å²) in [4.78, 5) is 38.3. The summed E-state index contributed by atoms with van der Waals surface area (Å²) in [5, 5.41) is 0. The summed E-state index contributed by atoms with van der Waals surface area (Å²) in [5.74, 6) is -0.899. The molecule has 6 nitrogen and oxygen atoms in total. The van der Waals surface area contributed by atoms with Crippen LogP contribution in [0.3, 0.4) is 0 Å². The highest BCUT2D eigenvalue weighted by atomic mass is 16.6. The average molecular weight is 1140 g/mol. The number of esters is 3. The van der Waals surface area contributed by atoms with Crippen molar-refractivity contribution in [3.63, 3.8) is 0 Å². The molecule has 468 valence electrons. The smallest absolute Gasteiger partial charge is 0.306 e. The van der Waals surface area contributed by atoms with E-state index in [2.05, 4.69) is 142 Å². The SMILES string of the molecule is CC/C=C\C/C=C\C/C=C\C/C=C\C/C=C\C/C=C\C/C=C\C/C=C\CCCCCCCCCCC(=O)OCC(COC(=O)CCCCCCC/C=C\CCC)OC(=O)CCCCCCCCCCC/C=C\CCCCCCCCCC. The molecule has 0 bridgehead atoms. The highest BCUT2D eigenvalue weighted by molar-refractivity contribution is 5.71. The average Bonchev–Trinajstić information content (AvgIpc) is 3.48. The molecule has 0 spiro atoms. The van der Waals surface area contributed by atoms with E-state index >= 15 is 0 Å². The van der Waals surface area contributed by atoms with Gasteiger partial charge in [-0.05, 0) is 128 Å². The molecule has 0 saturated heterocycles. The van der Waals surface area contributed by atoms with Gasteiger partial charge in [-0.2, -0.15) is 0 Å². The minimum Gasteiger partial charge on any atom is -0.462 e. The molecular formula is C76H128O6. The van der Waals surface area contributed by atoms with Gasteiger partial charge in [-0.3, -0.25) is 14.4 Å². The number of carbonyl (C=O) groups excluding carboxylic acids is 3. The second-order valence-corrected chi connectivity index (χ2v) is 22.7. The van der Waals surface area contributed by atoms with Crippen molar-refractivity contribution in [2.45, 2.75) is 329 Å². The van der Waals surface area contributed by atoms with Crippen molar-refractivity contribution in [3.05, 3.63) is 122 Å². The van der Waals surface area contributed by atoms with Gasteiger partial charge in [0, 0.05) is 19.3 Å². The van der Waals surface area contributed by atoms with Crippen molar-refractivity contribution < 1.29 is 28.6 Å². The van der Waals surface area contributed by atoms with Crippen molar-refractivity contribution in [2.75, 3.05) is 13.2 Å². The lowest BCUT2D eigenvalue weighted by molar-refractivity contribution is -0.167. The van der Waals surface area contributed by atoms with Crippen molar-refractivity contribution in [2.24, 2.45) is 0 Å². The van der Waals surface area contributed by atoms with Crippen LogP contribution in [0.5, 0.6) is 0 Å². The van der Waals surface area contributed by atoms with Crippen molar-refractivity contribution in [3.8, 4) is 0 Å². The first kappa shape index (κ1) is 77.8. The Balaban J connectivity index is 4.23. The first-order valence-corrected chi connectivity index (χ1v) is 34.5. The summed E-state index contributed by atoms with van der Waals surface area (Å²) < 4.78 is 16.9. The molecule has 0 N–H and O–H groups in total. The van der Waals surface area contributed by atoms with E-state index in [4.69, 9.17) is 14.2 Å². The molecule has 0 aromatic heterocycles. The first-order chi connectivity index (χ1) is 40.5. The number of rotatable bonds is 62. The predicted octanol–water partition coefficient (Wildman–Crippen LogP) is 23.9. The van der Waals surface area contributed by atoms with Crippen molar-refractivity contribution in [1.82, 2.24) is 0 Å². The Bertz CT molecular complexity index is 1690. The van der Waals surface area contributed by atoms with Crippen LogP contribution in [-0.4, -0.2) is 37.2 Å². The van der Waals surface area contributed by atoms with E-state index in [1.54, 1.807) is 0 Å². The van der Waals surface area contributed by atoms with E-state index in [9.17, 15) is 14.4 Å². The maximum atomic E-state index is 12.9. The number of hydrogen-bond donors (Lipinski definition) is 0. The quantitative estimate of drug-likeness (QED) is 0.0261. The van der Waals surface area contributed by atoms with Crippen LogP contribution < -0.4 is 0 Å². The molecule has 0 saturated carbocycles. The predicted molar refractivity (Wildman–Crippen MR) is 357 cm³/mol. The van der Waals surface area contributed by atoms with Crippen LogP contribution in [0.2, 0.25) is 0 Å². The van der Waals surface area contributed by atoms with E-state index in [0.29, 0.717) is 19.3 Å². The molecule has 0 heterocycles. The van der Waals surface area contributed by atoms with Crippen LogP contribution in [-0.2, 0) is 28.6 Å². The van der Waals surface area contributed by atoms with Crippen molar-refractivity contribution in [1.29, 1.82) is 0 Å². The van der Waals surface area contributed by atoms with Gasteiger partial charge in [-0.25, -0.2) is 0 Å².